The van der Waals surface area contributed by atoms with Gasteiger partial charge in [-0.1, -0.05) is 47.6 Å². The quantitative estimate of drug-likeness (QED) is 0.595. The van der Waals surface area contributed by atoms with Gasteiger partial charge < -0.3 is 4.74 Å². The van der Waals surface area contributed by atoms with Crippen LogP contribution in [0.2, 0.25) is 5.02 Å². The molecule has 0 atom stereocenters. The highest BCUT2D eigenvalue weighted by molar-refractivity contribution is 7.20. The lowest BCUT2D eigenvalue weighted by molar-refractivity contribution is 0.221. The van der Waals surface area contributed by atoms with Crippen LogP contribution in [0.3, 0.4) is 0 Å². The molecule has 0 spiro atoms. The Hall–Kier alpha value is -1.62. The number of ether oxygens (including phenoxy) is 1. The minimum Gasteiger partial charge on any atom is -0.431 e. The number of thiazole rings is 1. The molecule has 24 heavy (non-hydrogen) atoms. The molecule has 0 unspecified atom stereocenters. The van der Waals surface area contributed by atoms with Gasteiger partial charge in [-0.15, -0.1) is 0 Å². The maximum Gasteiger partial charge on any atom is 0.279 e. The first-order valence-electron chi connectivity index (χ1n) is 8.32. The van der Waals surface area contributed by atoms with Gasteiger partial charge in [0.2, 0.25) is 0 Å². The van der Waals surface area contributed by atoms with Crippen LogP contribution >= 0.6 is 22.9 Å². The first-order valence-corrected chi connectivity index (χ1v) is 9.51. The molecule has 3 nitrogen and oxygen atoms in total. The predicted molar refractivity (Wildman–Crippen MR) is 100 cm³/mol. The third kappa shape index (κ3) is 3.56. The summed E-state index contributed by atoms with van der Waals surface area (Å²) in [5.74, 6) is 0.813. The van der Waals surface area contributed by atoms with E-state index < -0.39 is 0 Å². The van der Waals surface area contributed by atoms with Gasteiger partial charge >= 0.3 is 0 Å². The smallest absolute Gasteiger partial charge is 0.279 e. The Labute approximate surface area is 150 Å². The summed E-state index contributed by atoms with van der Waals surface area (Å²) in [5, 5.41) is 1.29. The van der Waals surface area contributed by atoms with Crippen LogP contribution in [-0.4, -0.2) is 23.0 Å². The van der Waals surface area contributed by atoms with Crippen molar-refractivity contribution in [1.82, 2.24) is 9.88 Å². The topological polar surface area (TPSA) is 25.4 Å². The highest BCUT2D eigenvalue weighted by atomic mass is 35.5. The Morgan fingerprint density at radius 1 is 1.04 bits per heavy atom. The van der Waals surface area contributed by atoms with E-state index in [0.29, 0.717) is 10.2 Å². The van der Waals surface area contributed by atoms with Crippen LogP contribution in [0.1, 0.15) is 24.8 Å². The van der Waals surface area contributed by atoms with Crippen molar-refractivity contribution in [2.75, 3.05) is 13.1 Å². The SMILES string of the molecule is Clc1cccc2sc(Oc3ccc(CN4CCCCC4)cc3)nc12. The van der Waals surface area contributed by atoms with Crippen LogP contribution in [0.25, 0.3) is 10.2 Å². The number of halogens is 1. The number of hydrogen-bond acceptors (Lipinski definition) is 4. The van der Waals surface area contributed by atoms with Gasteiger partial charge in [0.25, 0.3) is 5.19 Å². The monoisotopic (exact) mass is 358 g/mol. The molecule has 0 bridgehead atoms. The molecular weight excluding hydrogens is 340 g/mol. The van der Waals surface area contributed by atoms with Crippen molar-refractivity contribution in [3.05, 3.63) is 53.1 Å². The summed E-state index contributed by atoms with van der Waals surface area (Å²) < 4.78 is 6.94. The molecule has 2 heterocycles. The lowest BCUT2D eigenvalue weighted by Crippen LogP contribution is -2.28. The van der Waals surface area contributed by atoms with Gasteiger partial charge in [0.15, 0.2) is 0 Å². The Kier molecular flexibility index (Phi) is 4.69. The Morgan fingerprint density at radius 2 is 1.83 bits per heavy atom. The summed E-state index contributed by atoms with van der Waals surface area (Å²) in [6.45, 7) is 3.45. The highest BCUT2D eigenvalue weighted by Gasteiger charge is 2.11. The number of likely N-dealkylation sites (tertiary alicyclic amines) is 1. The summed E-state index contributed by atoms with van der Waals surface area (Å²) in [7, 11) is 0. The molecule has 1 aliphatic rings. The second-order valence-corrected chi connectivity index (χ2v) is 7.55. The van der Waals surface area contributed by atoms with Gasteiger partial charge in [0.05, 0.1) is 9.72 Å². The fourth-order valence-corrected chi connectivity index (χ4v) is 4.21. The number of para-hydroxylation sites is 1. The van der Waals surface area contributed by atoms with Crippen LogP contribution < -0.4 is 4.74 Å². The van der Waals surface area contributed by atoms with E-state index in [1.807, 2.05) is 30.3 Å². The molecule has 1 aromatic heterocycles. The zero-order chi connectivity index (χ0) is 16.4. The van der Waals surface area contributed by atoms with Crippen LogP contribution in [0.5, 0.6) is 10.9 Å². The summed E-state index contributed by atoms with van der Waals surface area (Å²) in [6.07, 6.45) is 4.01. The number of nitrogens with zero attached hydrogens (tertiary/aromatic N) is 2. The van der Waals surface area contributed by atoms with Gasteiger partial charge in [0, 0.05) is 6.54 Å². The van der Waals surface area contributed by atoms with E-state index in [4.69, 9.17) is 16.3 Å². The van der Waals surface area contributed by atoms with E-state index in [-0.39, 0.29) is 0 Å². The van der Waals surface area contributed by atoms with Gasteiger partial charge in [-0.3, -0.25) is 4.90 Å². The molecule has 2 aromatic carbocycles. The summed E-state index contributed by atoms with van der Waals surface area (Å²) in [5.41, 5.74) is 2.14. The lowest BCUT2D eigenvalue weighted by Gasteiger charge is -2.26. The standard InChI is InChI=1S/C19H19ClN2OS/c20-16-5-4-6-17-18(16)21-19(24-17)23-15-9-7-14(8-10-15)13-22-11-2-1-3-12-22/h4-10H,1-3,11-13H2. The van der Waals surface area contributed by atoms with Crippen molar-refractivity contribution in [3.63, 3.8) is 0 Å². The van der Waals surface area contributed by atoms with Gasteiger partial charge in [-0.2, -0.15) is 0 Å². The van der Waals surface area contributed by atoms with Gasteiger partial charge in [-0.25, -0.2) is 4.98 Å². The number of fused-ring (bicyclic) bond motifs is 1. The van der Waals surface area contributed by atoms with E-state index in [1.54, 1.807) is 0 Å². The molecule has 124 valence electrons. The first-order chi connectivity index (χ1) is 11.8. The zero-order valence-corrected chi connectivity index (χ0v) is 14.9. The van der Waals surface area contributed by atoms with E-state index in [2.05, 4.69) is 22.0 Å². The van der Waals surface area contributed by atoms with Crippen LogP contribution in [0.4, 0.5) is 0 Å². The summed E-state index contributed by atoms with van der Waals surface area (Å²) in [4.78, 5) is 7.00. The average Bonchev–Trinajstić information content (AvgIpc) is 3.02. The molecule has 3 aromatic rings. The second-order valence-electron chi connectivity index (χ2n) is 6.15. The third-order valence-electron chi connectivity index (χ3n) is 4.33. The van der Waals surface area contributed by atoms with Crippen molar-refractivity contribution in [2.45, 2.75) is 25.8 Å². The predicted octanol–water partition coefficient (Wildman–Crippen LogP) is 5.73. The zero-order valence-electron chi connectivity index (χ0n) is 13.4. The molecule has 1 fully saturated rings. The van der Waals surface area contributed by atoms with E-state index in [1.165, 1.54) is 49.3 Å². The molecule has 5 heteroatoms. The molecule has 4 rings (SSSR count). The number of piperidine rings is 1. The first kappa shape index (κ1) is 15.9. The molecule has 0 radical (unpaired) electrons. The van der Waals surface area contributed by atoms with Crippen molar-refractivity contribution < 1.29 is 4.74 Å². The fraction of sp³-hybridized carbons (Fsp3) is 0.316. The summed E-state index contributed by atoms with van der Waals surface area (Å²) >= 11 is 7.68. The van der Waals surface area contributed by atoms with E-state index >= 15 is 0 Å². The van der Waals surface area contributed by atoms with Crippen LogP contribution in [-0.2, 0) is 6.54 Å². The van der Waals surface area contributed by atoms with E-state index in [0.717, 1.165) is 22.5 Å². The molecule has 0 aliphatic carbocycles. The minimum atomic E-state index is 0.627. The lowest BCUT2D eigenvalue weighted by atomic mass is 10.1. The maximum atomic E-state index is 6.17. The highest BCUT2D eigenvalue weighted by Crippen LogP contribution is 2.34. The van der Waals surface area contributed by atoms with Crippen molar-refractivity contribution >= 4 is 33.2 Å². The third-order valence-corrected chi connectivity index (χ3v) is 5.54. The Morgan fingerprint density at radius 3 is 2.58 bits per heavy atom. The average molecular weight is 359 g/mol. The van der Waals surface area contributed by atoms with Crippen molar-refractivity contribution in [1.29, 1.82) is 0 Å². The molecule has 0 saturated carbocycles. The second kappa shape index (κ2) is 7.09. The van der Waals surface area contributed by atoms with Crippen molar-refractivity contribution in [3.8, 4) is 10.9 Å². The summed E-state index contributed by atoms with van der Waals surface area (Å²) in [6, 6.07) is 14.1. The van der Waals surface area contributed by atoms with Crippen LogP contribution in [0, 0.1) is 0 Å². The molecule has 1 saturated heterocycles. The molecule has 0 N–H and O–H groups in total. The maximum absolute atomic E-state index is 6.17. The number of hydrogen-bond donors (Lipinski definition) is 0. The Balaban J connectivity index is 1.45. The fourth-order valence-electron chi connectivity index (χ4n) is 3.08. The van der Waals surface area contributed by atoms with E-state index in [9.17, 15) is 0 Å². The largest absolute Gasteiger partial charge is 0.431 e. The number of benzene rings is 2. The molecule has 1 aliphatic heterocycles. The van der Waals surface area contributed by atoms with Crippen LogP contribution in [0.15, 0.2) is 42.5 Å². The van der Waals surface area contributed by atoms with Gasteiger partial charge in [-0.05, 0) is 55.8 Å². The molecular formula is C19H19ClN2OS. The van der Waals surface area contributed by atoms with Gasteiger partial charge in [0.1, 0.15) is 11.3 Å². The minimum absolute atomic E-state index is 0.627. The van der Waals surface area contributed by atoms with Crippen molar-refractivity contribution in [2.24, 2.45) is 0 Å². The Bertz CT molecular complexity index is 825. The number of aromatic nitrogens is 1. The molecule has 0 amide bonds. The number of rotatable bonds is 4. The normalized spacial score (nSPS) is 15.7.